The van der Waals surface area contributed by atoms with Crippen molar-refractivity contribution in [1.29, 1.82) is 5.41 Å². The first-order chi connectivity index (χ1) is 15.4. The van der Waals surface area contributed by atoms with Crippen LogP contribution in [0.5, 0.6) is 0 Å². The summed E-state index contributed by atoms with van der Waals surface area (Å²) in [4.78, 5) is 11.7. The van der Waals surface area contributed by atoms with E-state index in [0.29, 0.717) is 18.0 Å². The first-order valence-corrected chi connectivity index (χ1v) is 13.6. The highest BCUT2D eigenvalue weighted by Crippen LogP contribution is 2.30. The Morgan fingerprint density at radius 2 is 1.81 bits per heavy atom. The van der Waals surface area contributed by atoms with E-state index in [4.69, 9.17) is 11.1 Å². The zero-order valence-electron chi connectivity index (χ0n) is 21.4. The standard InChI is InChI=1S/C26H50N6/c1-5-9-24-19-30(26(28)32(24)17-20(3)6-2)15-8-7-10-23-16-29-25(27)31(23)18-22-13-11-21(4)12-14-22/h20-24,28H,5-19H2,1-4H3,(H2,27,29)/t20?,21?,22?,23-,24+/m0/s1. The highest BCUT2D eigenvalue weighted by atomic mass is 15.4. The van der Waals surface area contributed by atoms with Crippen LogP contribution in [0.1, 0.15) is 91.9 Å². The summed E-state index contributed by atoms with van der Waals surface area (Å²) in [5.74, 6) is 3.89. The van der Waals surface area contributed by atoms with Crippen molar-refractivity contribution in [3.63, 3.8) is 0 Å². The van der Waals surface area contributed by atoms with E-state index in [-0.39, 0.29) is 0 Å². The predicted molar refractivity (Wildman–Crippen MR) is 136 cm³/mol. The Hall–Kier alpha value is -1.46. The first-order valence-electron chi connectivity index (χ1n) is 13.6. The van der Waals surface area contributed by atoms with Gasteiger partial charge in [-0.05, 0) is 56.3 Å². The molecule has 1 saturated heterocycles. The Balaban J connectivity index is 1.42. The van der Waals surface area contributed by atoms with Crippen LogP contribution in [0.25, 0.3) is 0 Å². The fourth-order valence-electron chi connectivity index (χ4n) is 5.81. The van der Waals surface area contributed by atoms with Crippen LogP contribution >= 0.6 is 0 Å². The molecule has 0 bridgehead atoms. The lowest BCUT2D eigenvalue weighted by molar-refractivity contribution is 0.211. The maximum atomic E-state index is 8.77. The van der Waals surface area contributed by atoms with Crippen LogP contribution in [0.15, 0.2) is 4.99 Å². The number of nitrogens with zero attached hydrogens (tertiary/aromatic N) is 4. The van der Waals surface area contributed by atoms with Crippen molar-refractivity contribution in [3.8, 4) is 0 Å². The predicted octanol–water partition coefficient (Wildman–Crippen LogP) is 4.75. The molecule has 0 aromatic carbocycles. The lowest BCUT2D eigenvalue weighted by Crippen LogP contribution is -2.44. The number of hydrogen-bond donors (Lipinski definition) is 2. The molecule has 0 aromatic rings. The fraction of sp³-hybridized carbons (Fsp3) is 0.923. The van der Waals surface area contributed by atoms with Crippen LogP contribution in [-0.2, 0) is 0 Å². The smallest absolute Gasteiger partial charge is 0.194 e. The second-order valence-corrected chi connectivity index (χ2v) is 11.0. The molecule has 2 fully saturated rings. The third-order valence-electron chi connectivity index (χ3n) is 8.28. The zero-order valence-corrected chi connectivity index (χ0v) is 21.4. The minimum Gasteiger partial charge on any atom is -0.370 e. The number of rotatable bonds is 12. The molecule has 1 unspecified atom stereocenters. The van der Waals surface area contributed by atoms with E-state index in [1.165, 1.54) is 57.8 Å². The van der Waals surface area contributed by atoms with Gasteiger partial charge in [0.1, 0.15) is 0 Å². The number of nitrogens with two attached hydrogens (primary N) is 1. The summed E-state index contributed by atoms with van der Waals surface area (Å²) in [6.45, 7) is 14.3. The summed E-state index contributed by atoms with van der Waals surface area (Å²) in [7, 11) is 0. The summed E-state index contributed by atoms with van der Waals surface area (Å²) in [6.07, 6.45) is 12.5. The quantitative estimate of drug-likeness (QED) is 0.424. The Bertz CT molecular complexity index is 611. The summed E-state index contributed by atoms with van der Waals surface area (Å²) in [6, 6.07) is 1.01. The fourth-order valence-corrected chi connectivity index (χ4v) is 5.81. The molecular formula is C26H50N6. The van der Waals surface area contributed by atoms with Gasteiger partial charge in [-0.15, -0.1) is 0 Å². The molecule has 1 aliphatic carbocycles. The van der Waals surface area contributed by atoms with Crippen LogP contribution in [0, 0.1) is 23.2 Å². The molecule has 3 aliphatic rings. The van der Waals surface area contributed by atoms with Gasteiger partial charge >= 0.3 is 0 Å². The number of aliphatic imine (C=N–C) groups is 1. The molecule has 0 spiro atoms. The summed E-state index contributed by atoms with van der Waals surface area (Å²) in [5.41, 5.74) is 6.28. The largest absolute Gasteiger partial charge is 0.370 e. The van der Waals surface area contributed by atoms with Crippen molar-refractivity contribution in [3.05, 3.63) is 0 Å². The van der Waals surface area contributed by atoms with Gasteiger partial charge in [-0.2, -0.15) is 0 Å². The second-order valence-electron chi connectivity index (χ2n) is 11.0. The molecule has 184 valence electrons. The minimum atomic E-state index is 0.488. The van der Waals surface area contributed by atoms with Crippen molar-refractivity contribution in [2.45, 2.75) is 104 Å². The highest BCUT2D eigenvalue weighted by molar-refractivity contribution is 5.80. The van der Waals surface area contributed by atoms with Crippen LogP contribution < -0.4 is 5.73 Å². The van der Waals surface area contributed by atoms with Gasteiger partial charge in [-0.25, -0.2) is 0 Å². The van der Waals surface area contributed by atoms with E-state index in [9.17, 15) is 0 Å². The Kier molecular flexibility index (Phi) is 9.54. The molecule has 2 aliphatic heterocycles. The van der Waals surface area contributed by atoms with E-state index in [1.807, 2.05) is 0 Å². The van der Waals surface area contributed by atoms with E-state index in [0.717, 1.165) is 62.9 Å². The van der Waals surface area contributed by atoms with E-state index < -0.39 is 0 Å². The molecule has 2 heterocycles. The van der Waals surface area contributed by atoms with Crippen LogP contribution in [0.2, 0.25) is 0 Å². The third kappa shape index (κ3) is 6.54. The number of hydrogen-bond acceptors (Lipinski definition) is 4. The van der Waals surface area contributed by atoms with Gasteiger partial charge < -0.3 is 20.4 Å². The van der Waals surface area contributed by atoms with Crippen molar-refractivity contribution in [2.75, 3.05) is 32.7 Å². The van der Waals surface area contributed by atoms with Gasteiger partial charge in [0.15, 0.2) is 11.9 Å². The van der Waals surface area contributed by atoms with Crippen molar-refractivity contribution in [2.24, 2.45) is 28.5 Å². The second kappa shape index (κ2) is 12.1. The van der Waals surface area contributed by atoms with Crippen LogP contribution in [-0.4, -0.2) is 71.4 Å². The van der Waals surface area contributed by atoms with E-state index in [1.54, 1.807) is 0 Å². The van der Waals surface area contributed by atoms with Gasteiger partial charge in [0.25, 0.3) is 0 Å². The van der Waals surface area contributed by atoms with E-state index in [2.05, 4.69) is 47.4 Å². The topological polar surface area (TPSA) is 72.0 Å². The van der Waals surface area contributed by atoms with Gasteiger partial charge in [0.2, 0.25) is 0 Å². The monoisotopic (exact) mass is 446 g/mol. The van der Waals surface area contributed by atoms with Crippen molar-refractivity contribution in [1.82, 2.24) is 14.7 Å². The molecule has 1 saturated carbocycles. The van der Waals surface area contributed by atoms with Gasteiger partial charge in [-0.1, -0.05) is 53.4 Å². The van der Waals surface area contributed by atoms with Crippen LogP contribution in [0.3, 0.4) is 0 Å². The Morgan fingerprint density at radius 1 is 1.06 bits per heavy atom. The molecular weight excluding hydrogens is 396 g/mol. The third-order valence-corrected chi connectivity index (χ3v) is 8.28. The molecule has 0 aromatic heterocycles. The van der Waals surface area contributed by atoms with Crippen LogP contribution in [0.4, 0.5) is 0 Å². The molecule has 6 nitrogen and oxygen atoms in total. The minimum absolute atomic E-state index is 0.488. The van der Waals surface area contributed by atoms with E-state index >= 15 is 0 Å². The molecule has 0 radical (unpaired) electrons. The molecule has 32 heavy (non-hydrogen) atoms. The number of nitrogens with one attached hydrogen (secondary N) is 1. The molecule has 3 N–H and O–H groups in total. The van der Waals surface area contributed by atoms with Crippen molar-refractivity contribution >= 4 is 11.9 Å². The summed E-state index contributed by atoms with van der Waals surface area (Å²) >= 11 is 0. The molecule has 6 heteroatoms. The van der Waals surface area contributed by atoms with Gasteiger partial charge in [0.05, 0.1) is 12.6 Å². The maximum Gasteiger partial charge on any atom is 0.194 e. The molecule has 0 amide bonds. The summed E-state index contributed by atoms with van der Waals surface area (Å²) in [5, 5.41) is 8.77. The normalized spacial score (nSPS) is 29.7. The Morgan fingerprint density at radius 3 is 2.50 bits per heavy atom. The number of unbranched alkanes of at least 4 members (excludes halogenated alkanes) is 1. The SMILES string of the molecule is CCC[C@@H]1CN(CCCC[C@H]2CN=C(N)N2CC2CCC(C)CC2)C(=N)N1CC(C)CC. The average molecular weight is 447 g/mol. The molecule has 3 atom stereocenters. The zero-order chi connectivity index (χ0) is 23.1. The first kappa shape index (κ1) is 25.2. The summed E-state index contributed by atoms with van der Waals surface area (Å²) < 4.78 is 0. The number of guanidine groups is 2. The Labute approximate surface area is 197 Å². The molecule has 3 rings (SSSR count). The van der Waals surface area contributed by atoms with Gasteiger partial charge in [-0.3, -0.25) is 10.4 Å². The lowest BCUT2D eigenvalue weighted by Gasteiger charge is -2.33. The lowest BCUT2D eigenvalue weighted by atomic mass is 9.82. The van der Waals surface area contributed by atoms with Gasteiger partial charge in [0, 0.05) is 32.2 Å². The maximum absolute atomic E-state index is 8.77. The van der Waals surface area contributed by atoms with Crippen molar-refractivity contribution < 1.29 is 0 Å². The highest BCUT2D eigenvalue weighted by Gasteiger charge is 2.34. The average Bonchev–Trinajstić information content (AvgIpc) is 3.27.